The van der Waals surface area contributed by atoms with E-state index in [0.29, 0.717) is 5.69 Å². The second-order valence-electron chi connectivity index (χ2n) is 4.35. The molecule has 6 heteroatoms. The van der Waals surface area contributed by atoms with Crippen LogP contribution in [0.4, 0.5) is 10.1 Å². The van der Waals surface area contributed by atoms with Crippen LogP contribution in [0.25, 0.3) is 0 Å². The van der Waals surface area contributed by atoms with Crippen molar-refractivity contribution >= 4 is 15.5 Å². The van der Waals surface area contributed by atoms with Crippen molar-refractivity contribution in [3.63, 3.8) is 0 Å². The molecule has 0 bridgehead atoms. The molecule has 2 N–H and O–H groups in total. The van der Waals surface area contributed by atoms with Gasteiger partial charge in [-0.05, 0) is 24.6 Å². The maximum Gasteiger partial charge on any atom is 0.155 e. The van der Waals surface area contributed by atoms with Gasteiger partial charge in [0.05, 0.1) is 23.7 Å². The molecule has 94 valence electrons. The molecule has 0 aliphatic carbocycles. The highest BCUT2D eigenvalue weighted by Gasteiger charge is 2.36. The minimum atomic E-state index is -3.19. The van der Waals surface area contributed by atoms with Gasteiger partial charge >= 0.3 is 0 Å². The molecule has 1 aromatic rings. The number of nitrogens with one attached hydrogen (secondary N) is 1. The van der Waals surface area contributed by atoms with Crippen LogP contribution in [-0.2, 0) is 9.84 Å². The maximum atomic E-state index is 13.0. The highest BCUT2D eigenvalue weighted by molar-refractivity contribution is 7.91. The molecule has 0 aromatic heterocycles. The number of hydrogen-bond donors (Lipinski definition) is 2. The van der Waals surface area contributed by atoms with E-state index in [4.69, 9.17) is 0 Å². The number of benzene rings is 1. The minimum Gasteiger partial charge on any atom is -0.390 e. The smallest absolute Gasteiger partial charge is 0.155 e. The average molecular weight is 259 g/mol. The van der Waals surface area contributed by atoms with Crippen molar-refractivity contribution < 1.29 is 17.9 Å². The predicted octanol–water partition coefficient (Wildman–Crippen LogP) is 0.704. The summed E-state index contributed by atoms with van der Waals surface area (Å²) in [5.74, 6) is -0.753. The lowest BCUT2D eigenvalue weighted by molar-refractivity contribution is 0.190. The molecule has 1 saturated heterocycles. The van der Waals surface area contributed by atoms with Gasteiger partial charge in [-0.2, -0.15) is 0 Å². The van der Waals surface area contributed by atoms with Gasteiger partial charge in [0, 0.05) is 5.69 Å². The van der Waals surface area contributed by atoms with E-state index in [1.165, 1.54) is 12.1 Å². The standard InChI is InChI=1S/C11H14FNO3S/c1-7-2-3-8(12)4-9(7)13-10-5-17(15,16)6-11(10)14/h2-4,10-11,13-14H,5-6H2,1H3/t10-,11-/m1/s1. The maximum absolute atomic E-state index is 13.0. The lowest BCUT2D eigenvalue weighted by Gasteiger charge is -2.17. The molecule has 1 fully saturated rings. The number of hydrogen-bond acceptors (Lipinski definition) is 4. The normalized spacial score (nSPS) is 27.0. The van der Waals surface area contributed by atoms with E-state index in [2.05, 4.69) is 5.32 Å². The molecule has 1 heterocycles. The lowest BCUT2D eigenvalue weighted by Crippen LogP contribution is -2.32. The van der Waals surface area contributed by atoms with Gasteiger partial charge in [0.15, 0.2) is 9.84 Å². The summed E-state index contributed by atoms with van der Waals surface area (Å²) in [4.78, 5) is 0. The van der Waals surface area contributed by atoms with E-state index >= 15 is 0 Å². The van der Waals surface area contributed by atoms with Crippen LogP contribution in [0.1, 0.15) is 5.56 Å². The molecule has 0 saturated carbocycles. The molecule has 0 spiro atoms. The minimum absolute atomic E-state index is 0.121. The fourth-order valence-electron chi connectivity index (χ4n) is 1.92. The first-order valence-corrected chi connectivity index (χ1v) is 7.11. The van der Waals surface area contributed by atoms with E-state index < -0.39 is 27.8 Å². The van der Waals surface area contributed by atoms with Crippen molar-refractivity contribution in [1.29, 1.82) is 0 Å². The highest BCUT2D eigenvalue weighted by atomic mass is 32.2. The number of aliphatic hydroxyl groups is 1. The van der Waals surface area contributed by atoms with Gasteiger partial charge < -0.3 is 10.4 Å². The third-order valence-electron chi connectivity index (χ3n) is 2.86. The van der Waals surface area contributed by atoms with Gasteiger partial charge in [-0.3, -0.25) is 0 Å². The number of sulfone groups is 1. The molecule has 1 aliphatic heterocycles. The molecule has 1 aromatic carbocycles. The van der Waals surface area contributed by atoms with E-state index in [1.807, 2.05) is 0 Å². The van der Waals surface area contributed by atoms with Crippen LogP contribution < -0.4 is 5.32 Å². The van der Waals surface area contributed by atoms with Crippen LogP contribution in [0.15, 0.2) is 18.2 Å². The van der Waals surface area contributed by atoms with Gasteiger partial charge in [0.25, 0.3) is 0 Å². The summed E-state index contributed by atoms with van der Waals surface area (Å²) in [6.07, 6.45) is -0.942. The quantitative estimate of drug-likeness (QED) is 0.820. The van der Waals surface area contributed by atoms with Crippen molar-refractivity contribution in [2.45, 2.75) is 19.1 Å². The number of aryl methyl sites for hydroxylation is 1. The van der Waals surface area contributed by atoms with Crippen molar-refractivity contribution in [1.82, 2.24) is 0 Å². The van der Waals surface area contributed by atoms with E-state index in [1.54, 1.807) is 13.0 Å². The molecule has 0 radical (unpaired) electrons. The summed E-state index contributed by atoms with van der Waals surface area (Å²) in [5, 5.41) is 12.5. The van der Waals surface area contributed by atoms with Gasteiger partial charge in [-0.25, -0.2) is 12.8 Å². The van der Waals surface area contributed by atoms with Crippen LogP contribution in [0.3, 0.4) is 0 Å². The van der Waals surface area contributed by atoms with Crippen LogP contribution >= 0.6 is 0 Å². The van der Waals surface area contributed by atoms with Crippen LogP contribution in [-0.4, -0.2) is 37.2 Å². The molecule has 4 nitrogen and oxygen atoms in total. The fraction of sp³-hybridized carbons (Fsp3) is 0.455. The first kappa shape index (κ1) is 12.3. The SMILES string of the molecule is Cc1ccc(F)cc1N[C@@H]1CS(=O)(=O)C[C@H]1O. The first-order chi connectivity index (χ1) is 7.87. The van der Waals surface area contributed by atoms with Crippen molar-refractivity contribution in [3.8, 4) is 0 Å². The van der Waals surface area contributed by atoms with Crippen molar-refractivity contribution in [2.24, 2.45) is 0 Å². The topological polar surface area (TPSA) is 66.4 Å². The summed E-state index contributed by atoms with van der Waals surface area (Å²) in [5.41, 5.74) is 1.33. The van der Waals surface area contributed by atoms with Gasteiger partial charge in [0.1, 0.15) is 5.82 Å². The third-order valence-corrected chi connectivity index (χ3v) is 4.58. The largest absolute Gasteiger partial charge is 0.390 e. The number of halogens is 1. The molecule has 0 unspecified atom stereocenters. The van der Waals surface area contributed by atoms with Crippen molar-refractivity contribution in [3.05, 3.63) is 29.6 Å². The number of rotatable bonds is 2. The Balaban J connectivity index is 2.19. The Kier molecular flexibility index (Phi) is 3.09. The summed E-state index contributed by atoms with van der Waals surface area (Å²) in [6.45, 7) is 1.79. The second-order valence-corrected chi connectivity index (χ2v) is 6.51. The third kappa shape index (κ3) is 2.76. The Hall–Kier alpha value is -1.14. The zero-order chi connectivity index (χ0) is 12.6. The second kappa shape index (κ2) is 4.27. The van der Waals surface area contributed by atoms with Gasteiger partial charge in [-0.15, -0.1) is 0 Å². The lowest BCUT2D eigenvalue weighted by atomic mass is 10.1. The van der Waals surface area contributed by atoms with Crippen molar-refractivity contribution in [2.75, 3.05) is 16.8 Å². The fourth-order valence-corrected chi connectivity index (χ4v) is 3.66. The molecule has 17 heavy (non-hydrogen) atoms. The molecule has 2 atom stereocenters. The van der Waals surface area contributed by atoms with E-state index in [0.717, 1.165) is 5.56 Å². The molecule has 1 aliphatic rings. The average Bonchev–Trinajstić information content (AvgIpc) is 2.46. The first-order valence-electron chi connectivity index (χ1n) is 5.28. The van der Waals surface area contributed by atoms with E-state index in [9.17, 15) is 17.9 Å². The predicted molar refractivity (Wildman–Crippen MR) is 63.2 cm³/mol. The van der Waals surface area contributed by atoms with Crippen LogP contribution in [0.2, 0.25) is 0 Å². The zero-order valence-electron chi connectivity index (χ0n) is 9.35. The van der Waals surface area contributed by atoms with E-state index in [-0.39, 0.29) is 11.5 Å². The highest BCUT2D eigenvalue weighted by Crippen LogP contribution is 2.21. The van der Waals surface area contributed by atoms with Gasteiger partial charge in [-0.1, -0.05) is 6.07 Å². The monoisotopic (exact) mass is 259 g/mol. The molecule has 2 rings (SSSR count). The van der Waals surface area contributed by atoms with Gasteiger partial charge in [0.2, 0.25) is 0 Å². The molecular weight excluding hydrogens is 245 g/mol. The Labute approximate surface area is 99.4 Å². The summed E-state index contributed by atoms with van der Waals surface area (Å²) in [7, 11) is -3.19. The zero-order valence-corrected chi connectivity index (χ0v) is 10.2. The summed E-state index contributed by atoms with van der Waals surface area (Å²) < 4.78 is 35.7. The Morgan fingerprint density at radius 3 is 2.71 bits per heavy atom. The van der Waals surface area contributed by atoms with Crippen LogP contribution in [0.5, 0.6) is 0 Å². The Bertz CT molecular complexity index is 530. The summed E-state index contributed by atoms with van der Waals surface area (Å²) in [6, 6.07) is 3.67. The summed E-state index contributed by atoms with van der Waals surface area (Å²) >= 11 is 0. The number of anilines is 1. The number of aliphatic hydroxyl groups excluding tert-OH is 1. The molecular formula is C11H14FNO3S. The van der Waals surface area contributed by atoms with Crippen LogP contribution in [0, 0.1) is 12.7 Å². The Morgan fingerprint density at radius 1 is 1.41 bits per heavy atom. The Morgan fingerprint density at radius 2 is 2.12 bits per heavy atom. The molecule has 0 amide bonds.